The summed E-state index contributed by atoms with van der Waals surface area (Å²) in [6, 6.07) is 0. The van der Waals surface area contributed by atoms with Crippen molar-refractivity contribution in [1.82, 2.24) is 14.8 Å². The van der Waals surface area contributed by atoms with Crippen molar-refractivity contribution >= 4 is 17.2 Å². The maximum atomic E-state index is 11.9. The Morgan fingerprint density at radius 2 is 2.19 bits per heavy atom. The van der Waals surface area contributed by atoms with E-state index in [1.165, 1.54) is 15.9 Å². The molecule has 1 aromatic rings. The molecule has 6 heteroatoms. The van der Waals surface area contributed by atoms with E-state index in [-0.39, 0.29) is 17.3 Å². The zero-order chi connectivity index (χ0) is 11.5. The van der Waals surface area contributed by atoms with Crippen LogP contribution < -0.4 is 10.2 Å². The van der Waals surface area contributed by atoms with Crippen LogP contribution >= 0.6 is 11.3 Å². The average molecular weight is 241 g/mol. The number of rotatable bonds is 2. The molecule has 16 heavy (non-hydrogen) atoms. The fourth-order valence-electron chi connectivity index (χ4n) is 1.77. The summed E-state index contributed by atoms with van der Waals surface area (Å²) in [6.07, 6.45) is 1.74. The second-order valence-corrected chi connectivity index (χ2v) is 5.06. The highest BCUT2D eigenvalue weighted by Crippen LogP contribution is 2.02. The quantitative estimate of drug-likeness (QED) is 0.770. The first-order valence-electron chi connectivity index (χ1n) is 5.32. The molecule has 1 aliphatic rings. The van der Waals surface area contributed by atoms with E-state index < -0.39 is 0 Å². The number of aryl methyl sites for hydroxylation is 1. The largest absolute Gasteiger partial charge is 0.339 e. The van der Waals surface area contributed by atoms with Crippen LogP contribution in [0.5, 0.6) is 0 Å². The SMILES string of the molecule is Cc1cn(CC(=O)N2CCNCC2)c(=O)s1. The molecular weight excluding hydrogens is 226 g/mol. The Bertz CT molecular complexity index is 432. The van der Waals surface area contributed by atoms with E-state index in [9.17, 15) is 9.59 Å². The van der Waals surface area contributed by atoms with E-state index in [1.807, 2.05) is 6.92 Å². The number of hydrogen-bond donors (Lipinski definition) is 1. The summed E-state index contributed by atoms with van der Waals surface area (Å²) in [5.74, 6) is 0.0291. The summed E-state index contributed by atoms with van der Waals surface area (Å²) in [5, 5.41) is 3.19. The summed E-state index contributed by atoms with van der Waals surface area (Å²) in [5.41, 5.74) is 0. The van der Waals surface area contributed by atoms with Crippen LogP contribution in [0.25, 0.3) is 0 Å². The molecule has 0 saturated carbocycles. The second-order valence-electron chi connectivity index (χ2n) is 3.87. The lowest BCUT2D eigenvalue weighted by Gasteiger charge is -2.27. The number of hydrogen-bond acceptors (Lipinski definition) is 4. The first-order chi connectivity index (χ1) is 7.66. The van der Waals surface area contributed by atoms with Crippen molar-refractivity contribution < 1.29 is 4.79 Å². The minimum Gasteiger partial charge on any atom is -0.339 e. The monoisotopic (exact) mass is 241 g/mol. The number of nitrogens with zero attached hydrogens (tertiary/aromatic N) is 2. The molecule has 0 radical (unpaired) electrons. The molecule has 0 bridgehead atoms. The van der Waals surface area contributed by atoms with Gasteiger partial charge < -0.3 is 10.2 Å². The standard InChI is InChI=1S/C10H15N3O2S/c1-8-6-13(10(15)16-8)7-9(14)12-4-2-11-3-5-12/h6,11H,2-5,7H2,1H3. The molecule has 0 unspecified atom stereocenters. The second kappa shape index (κ2) is 4.80. The summed E-state index contributed by atoms with van der Waals surface area (Å²) < 4.78 is 1.49. The molecule has 2 heterocycles. The third kappa shape index (κ3) is 2.51. The molecular formula is C10H15N3O2S. The minimum absolute atomic E-state index is 0.0291. The van der Waals surface area contributed by atoms with Gasteiger partial charge in [-0.2, -0.15) is 0 Å². The van der Waals surface area contributed by atoms with E-state index in [1.54, 1.807) is 11.1 Å². The Balaban J connectivity index is 2.01. The molecule has 0 spiro atoms. The van der Waals surface area contributed by atoms with E-state index in [2.05, 4.69) is 5.32 Å². The maximum absolute atomic E-state index is 11.9. The van der Waals surface area contributed by atoms with Gasteiger partial charge in [-0.3, -0.25) is 14.2 Å². The number of thiazole rings is 1. The summed E-state index contributed by atoms with van der Waals surface area (Å²) in [4.78, 5) is 26.0. The fraction of sp³-hybridized carbons (Fsp3) is 0.600. The number of aromatic nitrogens is 1. The lowest BCUT2D eigenvalue weighted by Crippen LogP contribution is -2.47. The fourth-order valence-corrected chi connectivity index (χ4v) is 2.45. The van der Waals surface area contributed by atoms with Gasteiger partial charge in [0.15, 0.2) is 0 Å². The molecule has 1 amide bonds. The van der Waals surface area contributed by atoms with Crippen LogP contribution in [0.4, 0.5) is 0 Å². The summed E-state index contributed by atoms with van der Waals surface area (Å²) >= 11 is 1.18. The van der Waals surface area contributed by atoms with Crippen molar-refractivity contribution in [3.05, 3.63) is 20.7 Å². The van der Waals surface area contributed by atoms with Gasteiger partial charge in [0.25, 0.3) is 0 Å². The van der Waals surface area contributed by atoms with E-state index >= 15 is 0 Å². The highest BCUT2D eigenvalue weighted by Gasteiger charge is 2.17. The van der Waals surface area contributed by atoms with Crippen LogP contribution in [-0.2, 0) is 11.3 Å². The smallest absolute Gasteiger partial charge is 0.307 e. The number of carbonyl (C=O) groups excluding carboxylic acids is 1. The van der Waals surface area contributed by atoms with Crippen LogP contribution in [0.3, 0.4) is 0 Å². The molecule has 5 nitrogen and oxygen atoms in total. The summed E-state index contributed by atoms with van der Waals surface area (Å²) in [6.45, 7) is 5.18. The first-order valence-corrected chi connectivity index (χ1v) is 6.14. The van der Waals surface area contributed by atoms with Gasteiger partial charge in [-0.05, 0) is 6.92 Å². The van der Waals surface area contributed by atoms with Crippen molar-refractivity contribution in [2.45, 2.75) is 13.5 Å². The van der Waals surface area contributed by atoms with Gasteiger partial charge in [0.1, 0.15) is 6.54 Å². The van der Waals surface area contributed by atoms with Crippen LogP contribution in [0.2, 0.25) is 0 Å². The van der Waals surface area contributed by atoms with Gasteiger partial charge in [-0.25, -0.2) is 0 Å². The topological polar surface area (TPSA) is 54.3 Å². The average Bonchev–Trinajstić information content (AvgIpc) is 2.59. The highest BCUT2D eigenvalue weighted by atomic mass is 32.1. The summed E-state index contributed by atoms with van der Waals surface area (Å²) in [7, 11) is 0. The van der Waals surface area contributed by atoms with Crippen molar-refractivity contribution in [3.63, 3.8) is 0 Å². The number of carbonyl (C=O) groups is 1. The molecule has 1 saturated heterocycles. The maximum Gasteiger partial charge on any atom is 0.307 e. The Morgan fingerprint density at radius 3 is 2.75 bits per heavy atom. The van der Waals surface area contributed by atoms with E-state index in [0.29, 0.717) is 0 Å². The molecule has 2 rings (SSSR count). The number of amides is 1. The number of piperazine rings is 1. The highest BCUT2D eigenvalue weighted by molar-refractivity contribution is 7.09. The van der Waals surface area contributed by atoms with Crippen LogP contribution in [0.1, 0.15) is 4.88 Å². The molecule has 0 atom stereocenters. The van der Waals surface area contributed by atoms with E-state index in [0.717, 1.165) is 31.1 Å². The van der Waals surface area contributed by atoms with Crippen molar-refractivity contribution in [1.29, 1.82) is 0 Å². The molecule has 1 aliphatic heterocycles. The van der Waals surface area contributed by atoms with Crippen LogP contribution in [0, 0.1) is 6.92 Å². The van der Waals surface area contributed by atoms with Gasteiger partial charge in [0.05, 0.1) is 0 Å². The van der Waals surface area contributed by atoms with Gasteiger partial charge in [-0.1, -0.05) is 11.3 Å². The molecule has 1 N–H and O–H groups in total. The Hall–Kier alpha value is -1.14. The van der Waals surface area contributed by atoms with Gasteiger partial charge >= 0.3 is 4.87 Å². The van der Waals surface area contributed by atoms with Gasteiger partial charge in [-0.15, -0.1) is 0 Å². The Labute approximate surface area is 97.7 Å². The molecule has 0 aliphatic carbocycles. The zero-order valence-corrected chi connectivity index (χ0v) is 10.0. The predicted molar refractivity (Wildman–Crippen MR) is 62.8 cm³/mol. The normalized spacial score (nSPS) is 16.4. The lowest BCUT2D eigenvalue weighted by atomic mass is 10.3. The predicted octanol–water partition coefficient (Wildman–Crippen LogP) is -0.350. The molecule has 1 fully saturated rings. The lowest BCUT2D eigenvalue weighted by molar-refractivity contribution is -0.132. The Kier molecular flexibility index (Phi) is 3.40. The van der Waals surface area contributed by atoms with Crippen molar-refractivity contribution in [3.8, 4) is 0 Å². The zero-order valence-electron chi connectivity index (χ0n) is 9.23. The van der Waals surface area contributed by atoms with Crippen LogP contribution in [-0.4, -0.2) is 41.6 Å². The molecule has 1 aromatic heterocycles. The Morgan fingerprint density at radius 1 is 1.50 bits per heavy atom. The van der Waals surface area contributed by atoms with Crippen molar-refractivity contribution in [2.24, 2.45) is 0 Å². The van der Waals surface area contributed by atoms with E-state index in [4.69, 9.17) is 0 Å². The molecule has 0 aromatic carbocycles. The third-order valence-corrected chi connectivity index (χ3v) is 3.43. The van der Waals surface area contributed by atoms with Gasteiger partial charge in [0, 0.05) is 37.3 Å². The van der Waals surface area contributed by atoms with Crippen LogP contribution in [0.15, 0.2) is 11.0 Å². The van der Waals surface area contributed by atoms with Crippen molar-refractivity contribution in [2.75, 3.05) is 26.2 Å². The minimum atomic E-state index is -0.0546. The first kappa shape index (κ1) is 11.3. The number of nitrogens with one attached hydrogen (secondary N) is 1. The third-order valence-electron chi connectivity index (χ3n) is 2.60. The molecule has 88 valence electrons. The van der Waals surface area contributed by atoms with Gasteiger partial charge in [0.2, 0.25) is 5.91 Å².